The number of methoxy groups -OCH3 is 2. The molecule has 2 atom stereocenters. The van der Waals surface area contributed by atoms with Crippen molar-refractivity contribution in [2.75, 3.05) is 14.2 Å². The van der Waals surface area contributed by atoms with Gasteiger partial charge in [-0.25, -0.2) is 0 Å². The first kappa shape index (κ1) is 18.3. The van der Waals surface area contributed by atoms with Crippen molar-refractivity contribution < 1.29 is 34.0 Å². The van der Waals surface area contributed by atoms with Crippen molar-refractivity contribution in [3.05, 3.63) is 53.1 Å². The third-order valence-corrected chi connectivity index (χ3v) is 4.35. The molecule has 0 unspecified atom stereocenters. The van der Waals surface area contributed by atoms with Crippen molar-refractivity contribution in [1.82, 2.24) is 0 Å². The number of phenolic OH excluding ortho intramolecular Hbond substituents is 1. The van der Waals surface area contributed by atoms with Crippen LogP contribution in [-0.4, -0.2) is 31.6 Å². The van der Waals surface area contributed by atoms with Crippen LogP contribution in [0, 0.1) is 0 Å². The van der Waals surface area contributed by atoms with E-state index in [0.717, 1.165) is 12.4 Å². The van der Waals surface area contributed by atoms with Gasteiger partial charge in [-0.1, -0.05) is 12.1 Å². The molecule has 1 heterocycles. The van der Waals surface area contributed by atoms with Crippen molar-refractivity contribution in [3.63, 3.8) is 0 Å². The Morgan fingerprint density at radius 3 is 2.56 bits per heavy atom. The van der Waals surface area contributed by atoms with Gasteiger partial charge in [-0.15, -0.1) is 0 Å². The number of carbonyl (C=O) groups is 2. The van der Waals surface area contributed by atoms with Gasteiger partial charge < -0.3 is 34.0 Å². The zero-order valence-electron chi connectivity index (χ0n) is 14.7. The number of phenols is 1. The van der Waals surface area contributed by atoms with Gasteiger partial charge in [0.05, 0.1) is 26.1 Å². The van der Waals surface area contributed by atoms with Gasteiger partial charge in [0.15, 0.2) is 23.0 Å². The van der Waals surface area contributed by atoms with Crippen molar-refractivity contribution in [2.45, 2.75) is 12.0 Å². The van der Waals surface area contributed by atoms with E-state index in [1.807, 2.05) is 0 Å². The van der Waals surface area contributed by atoms with E-state index in [1.54, 1.807) is 24.3 Å². The summed E-state index contributed by atoms with van der Waals surface area (Å²) in [5.74, 6) is -0.929. The standard InChI is InChI=1S/C20H18O7/c1-25-16-9-12(4-5-15(16)22)19-14(10-21)13-7-11(3-6-18(23)24)8-17(26-2)20(13)27-19/h3-10,14,19,22H,1-2H3,(H,23,24)/p-1/b6-3+/t14-,19+/m1/s1. The molecule has 0 fully saturated rings. The van der Waals surface area contributed by atoms with E-state index in [1.165, 1.54) is 26.4 Å². The maximum absolute atomic E-state index is 11.8. The molecule has 0 bridgehead atoms. The lowest BCUT2D eigenvalue weighted by molar-refractivity contribution is -0.297. The molecule has 2 aromatic rings. The number of rotatable bonds is 6. The molecule has 0 radical (unpaired) electrons. The second-order valence-corrected chi connectivity index (χ2v) is 5.93. The number of aldehydes is 1. The number of aromatic hydroxyl groups is 1. The zero-order chi connectivity index (χ0) is 19.6. The molecule has 2 aromatic carbocycles. The molecule has 0 saturated carbocycles. The Labute approximate surface area is 155 Å². The zero-order valence-corrected chi connectivity index (χ0v) is 14.7. The average Bonchev–Trinajstić information content (AvgIpc) is 3.04. The molecule has 140 valence electrons. The topological polar surface area (TPSA) is 105 Å². The van der Waals surface area contributed by atoms with Gasteiger partial charge in [0.2, 0.25) is 0 Å². The van der Waals surface area contributed by atoms with Crippen LogP contribution in [0.25, 0.3) is 6.08 Å². The number of ether oxygens (including phenoxy) is 3. The number of hydrogen-bond acceptors (Lipinski definition) is 7. The highest BCUT2D eigenvalue weighted by molar-refractivity contribution is 5.84. The normalized spacial score (nSPS) is 18.0. The predicted octanol–water partition coefficient (Wildman–Crippen LogP) is 1.59. The predicted molar refractivity (Wildman–Crippen MR) is 93.9 cm³/mol. The Bertz CT molecular complexity index is 917. The van der Waals surface area contributed by atoms with Crippen LogP contribution in [0.2, 0.25) is 0 Å². The number of fused-ring (bicyclic) bond motifs is 1. The van der Waals surface area contributed by atoms with Crippen LogP contribution >= 0.6 is 0 Å². The third kappa shape index (κ3) is 3.44. The molecule has 0 amide bonds. The lowest BCUT2D eigenvalue weighted by atomic mass is 9.91. The molecule has 7 nitrogen and oxygen atoms in total. The molecular weight excluding hydrogens is 352 g/mol. The minimum absolute atomic E-state index is 0.0216. The Morgan fingerprint density at radius 2 is 1.93 bits per heavy atom. The van der Waals surface area contributed by atoms with E-state index in [4.69, 9.17) is 14.2 Å². The highest BCUT2D eigenvalue weighted by Crippen LogP contribution is 2.50. The number of carbonyl (C=O) groups excluding carboxylic acids is 2. The molecule has 0 aromatic heterocycles. The minimum atomic E-state index is -1.33. The van der Waals surface area contributed by atoms with E-state index in [0.29, 0.717) is 28.2 Å². The van der Waals surface area contributed by atoms with E-state index >= 15 is 0 Å². The smallest absolute Gasteiger partial charge is 0.166 e. The van der Waals surface area contributed by atoms with Crippen LogP contribution in [0.1, 0.15) is 28.7 Å². The van der Waals surface area contributed by atoms with Crippen molar-refractivity contribution in [1.29, 1.82) is 0 Å². The molecule has 0 aliphatic carbocycles. The van der Waals surface area contributed by atoms with Crippen LogP contribution in [0.15, 0.2) is 36.4 Å². The molecule has 0 spiro atoms. The van der Waals surface area contributed by atoms with Crippen molar-refractivity contribution in [3.8, 4) is 23.0 Å². The summed E-state index contributed by atoms with van der Waals surface area (Å²) in [6.07, 6.45) is 2.38. The van der Waals surface area contributed by atoms with Crippen molar-refractivity contribution >= 4 is 18.3 Å². The largest absolute Gasteiger partial charge is 0.545 e. The summed E-state index contributed by atoms with van der Waals surface area (Å²) >= 11 is 0. The molecule has 0 saturated heterocycles. The Hall–Kier alpha value is -3.48. The summed E-state index contributed by atoms with van der Waals surface area (Å²) in [4.78, 5) is 22.5. The quantitative estimate of drug-likeness (QED) is 0.609. The number of carboxylic acids is 1. The van der Waals surface area contributed by atoms with E-state index in [-0.39, 0.29) is 11.5 Å². The summed E-state index contributed by atoms with van der Waals surface area (Å²) in [6, 6.07) is 8.00. The second-order valence-electron chi connectivity index (χ2n) is 5.93. The first-order valence-corrected chi connectivity index (χ1v) is 8.08. The average molecular weight is 369 g/mol. The molecule has 1 N–H and O–H groups in total. The highest BCUT2D eigenvalue weighted by Gasteiger charge is 2.38. The Morgan fingerprint density at radius 1 is 1.19 bits per heavy atom. The van der Waals surface area contributed by atoms with Gasteiger partial charge >= 0.3 is 0 Å². The molecule has 1 aliphatic heterocycles. The van der Waals surface area contributed by atoms with Gasteiger partial charge in [-0.2, -0.15) is 0 Å². The molecule has 27 heavy (non-hydrogen) atoms. The third-order valence-electron chi connectivity index (χ3n) is 4.35. The molecular formula is C20H17O7-. The maximum Gasteiger partial charge on any atom is 0.166 e. The first-order valence-electron chi connectivity index (χ1n) is 8.08. The SMILES string of the molecule is COc1cc([C@@H]2Oc3c(OC)cc(/C=C/C(=O)[O-])cc3[C@H]2C=O)ccc1O. The monoisotopic (exact) mass is 369 g/mol. The fourth-order valence-corrected chi connectivity index (χ4v) is 3.09. The van der Waals surface area contributed by atoms with Crippen LogP contribution in [-0.2, 0) is 9.59 Å². The first-order chi connectivity index (χ1) is 13.0. The Balaban J connectivity index is 2.06. The van der Waals surface area contributed by atoms with E-state index < -0.39 is 18.0 Å². The number of carboxylic acid groups (broad SMARTS) is 1. The van der Waals surface area contributed by atoms with Crippen LogP contribution in [0.3, 0.4) is 0 Å². The van der Waals surface area contributed by atoms with Gasteiger partial charge in [0.25, 0.3) is 0 Å². The summed E-state index contributed by atoms with van der Waals surface area (Å²) in [7, 11) is 2.89. The van der Waals surface area contributed by atoms with Gasteiger partial charge in [-0.3, -0.25) is 0 Å². The molecule has 3 rings (SSSR count). The fourth-order valence-electron chi connectivity index (χ4n) is 3.09. The summed E-state index contributed by atoms with van der Waals surface area (Å²) < 4.78 is 16.5. The lowest BCUT2D eigenvalue weighted by Gasteiger charge is -2.16. The van der Waals surface area contributed by atoms with Crippen LogP contribution in [0.5, 0.6) is 23.0 Å². The summed E-state index contributed by atoms with van der Waals surface area (Å²) in [6.45, 7) is 0. The van der Waals surface area contributed by atoms with Crippen LogP contribution in [0.4, 0.5) is 0 Å². The highest BCUT2D eigenvalue weighted by atomic mass is 16.5. The summed E-state index contributed by atoms with van der Waals surface area (Å²) in [5, 5.41) is 20.4. The van der Waals surface area contributed by atoms with Gasteiger partial charge in [-0.05, 0) is 41.5 Å². The maximum atomic E-state index is 11.8. The van der Waals surface area contributed by atoms with E-state index in [9.17, 15) is 19.8 Å². The summed E-state index contributed by atoms with van der Waals surface area (Å²) in [5.41, 5.74) is 1.76. The Kier molecular flexibility index (Phi) is 5.03. The van der Waals surface area contributed by atoms with Crippen molar-refractivity contribution in [2.24, 2.45) is 0 Å². The number of benzene rings is 2. The minimum Gasteiger partial charge on any atom is -0.545 e. The molecule has 1 aliphatic rings. The lowest BCUT2D eigenvalue weighted by Crippen LogP contribution is -2.18. The number of hydrogen-bond donors (Lipinski definition) is 1. The van der Waals surface area contributed by atoms with Gasteiger partial charge in [0.1, 0.15) is 12.4 Å². The fraction of sp³-hybridized carbons (Fsp3) is 0.200. The van der Waals surface area contributed by atoms with Gasteiger partial charge in [0, 0.05) is 5.56 Å². The van der Waals surface area contributed by atoms with Crippen LogP contribution < -0.4 is 19.3 Å². The molecule has 7 heteroatoms. The second kappa shape index (κ2) is 7.41. The number of aliphatic carboxylic acids is 1. The van der Waals surface area contributed by atoms with E-state index in [2.05, 4.69) is 0 Å².